The molecule has 0 amide bonds. The van der Waals surface area contributed by atoms with Gasteiger partial charge in [-0.25, -0.2) is 0 Å². The molecule has 0 fully saturated rings. The fourth-order valence-corrected chi connectivity index (χ4v) is 1.83. The lowest BCUT2D eigenvalue weighted by molar-refractivity contribution is 0.302. The summed E-state index contributed by atoms with van der Waals surface area (Å²) in [7, 11) is 0. The second kappa shape index (κ2) is 3.60. The van der Waals surface area contributed by atoms with Crippen LogP contribution in [0.25, 0.3) is 0 Å². The Morgan fingerprint density at radius 1 is 0.923 bits per heavy atom. The quantitative estimate of drug-likeness (QED) is 0.473. The van der Waals surface area contributed by atoms with Gasteiger partial charge in [-0.2, -0.15) is 0 Å². The lowest BCUT2D eigenvalue weighted by atomic mass is 9.94. The van der Waals surface area contributed by atoms with Crippen molar-refractivity contribution < 1.29 is 5.21 Å². The van der Waals surface area contributed by atoms with Crippen LogP contribution < -0.4 is 5.36 Å². The molecule has 0 saturated heterocycles. The minimum absolute atomic E-state index is 0.634. The average Bonchev–Trinajstić information content (AvgIpc) is 2.39. The van der Waals surface area contributed by atoms with Crippen LogP contribution in [-0.2, 0) is 12.8 Å². The summed E-state index contributed by atoms with van der Waals surface area (Å²) in [5, 5.41) is 12.4. The van der Waals surface area contributed by atoms with E-state index in [9.17, 15) is 0 Å². The Kier molecular flexibility index (Phi) is 2.30. The zero-order valence-corrected chi connectivity index (χ0v) is 7.53. The van der Waals surface area contributed by atoms with Crippen molar-refractivity contribution in [2.24, 2.45) is 5.16 Å². The third kappa shape index (κ3) is 1.72. The van der Waals surface area contributed by atoms with Crippen LogP contribution in [0.2, 0.25) is 0 Å². The number of hydrogen-bond donors (Lipinski definition) is 1. The highest BCUT2D eigenvalue weighted by Gasteiger charge is 2.06. The van der Waals surface area contributed by atoms with Crippen molar-refractivity contribution in [3.8, 4) is 0 Å². The second-order valence-corrected chi connectivity index (χ2v) is 3.45. The standard InChI is InChI=1S/C11H13NO/c13-12-11-7-5-9-3-1-2-4-10(9)6-8-11/h5-8,13H,1-4H2. The van der Waals surface area contributed by atoms with Crippen molar-refractivity contribution in [1.29, 1.82) is 0 Å². The Morgan fingerprint density at radius 2 is 1.46 bits per heavy atom. The average molecular weight is 175 g/mol. The molecule has 2 rings (SSSR count). The van der Waals surface area contributed by atoms with Crippen molar-refractivity contribution in [2.75, 3.05) is 0 Å². The van der Waals surface area contributed by atoms with Crippen LogP contribution in [-0.4, -0.2) is 5.21 Å². The maximum absolute atomic E-state index is 8.62. The van der Waals surface area contributed by atoms with E-state index < -0.39 is 0 Å². The van der Waals surface area contributed by atoms with Crippen LogP contribution >= 0.6 is 0 Å². The zero-order valence-electron chi connectivity index (χ0n) is 7.53. The largest absolute Gasteiger partial charge is 0.410 e. The van der Waals surface area contributed by atoms with Gasteiger partial charge in [0, 0.05) is 0 Å². The summed E-state index contributed by atoms with van der Waals surface area (Å²) < 4.78 is 0. The highest BCUT2D eigenvalue weighted by molar-refractivity contribution is 5.27. The van der Waals surface area contributed by atoms with Gasteiger partial charge in [-0.3, -0.25) is 0 Å². The third-order valence-electron chi connectivity index (χ3n) is 2.58. The van der Waals surface area contributed by atoms with Crippen LogP contribution in [0, 0.1) is 0 Å². The van der Waals surface area contributed by atoms with Gasteiger partial charge >= 0.3 is 0 Å². The summed E-state index contributed by atoms with van der Waals surface area (Å²) in [5.41, 5.74) is 2.81. The van der Waals surface area contributed by atoms with Crippen LogP contribution in [0.5, 0.6) is 0 Å². The normalized spacial score (nSPS) is 14.8. The lowest BCUT2D eigenvalue weighted by Crippen LogP contribution is -1.99. The molecule has 0 heterocycles. The van der Waals surface area contributed by atoms with E-state index in [0.717, 1.165) is 12.8 Å². The maximum atomic E-state index is 8.62. The van der Waals surface area contributed by atoms with Crippen molar-refractivity contribution in [2.45, 2.75) is 25.7 Å². The van der Waals surface area contributed by atoms with Crippen LogP contribution in [0.1, 0.15) is 24.0 Å². The molecule has 1 aromatic carbocycles. The monoisotopic (exact) mass is 175 g/mol. The zero-order chi connectivity index (χ0) is 9.10. The number of hydrogen-bond acceptors (Lipinski definition) is 2. The minimum atomic E-state index is 0.634. The Bertz CT molecular complexity index is 339. The summed E-state index contributed by atoms with van der Waals surface area (Å²) in [6, 6.07) is 7.88. The summed E-state index contributed by atoms with van der Waals surface area (Å²) in [4.78, 5) is 0. The summed E-state index contributed by atoms with van der Waals surface area (Å²) in [6.07, 6.45) is 4.88. The Labute approximate surface area is 77.5 Å². The molecule has 68 valence electrons. The van der Waals surface area contributed by atoms with Crippen LogP contribution in [0.4, 0.5) is 0 Å². The Balaban J connectivity index is 2.55. The first-order valence-corrected chi connectivity index (χ1v) is 4.70. The van der Waals surface area contributed by atoms with E-state index in [1.807, 2.05) is 12.1 Å². The Hall–Kier alpha value is -1.31. The van der Waals surface area contributed by atoms with E-state index in [-0.39, 0.29) is 0 Å². The molecular weight excluding hydrogens is 162 g/mol. The van der Waals surface area contributed by atoms with E-state index in [1.54, 1.807) is 0 Å². The van der Waals surface area contributed by atoms with Gasteiger partial charge in [-0.05, 0) is 48.9 Å². The predicted octanol–water partition coefficient (Wildman–Crippen LogP) is 1.86. The molecule has 0 spiro atoms. The van der Waals surface area contributed by atoms with Gasteiger partial charge in [0.05, 0.1) is 0 Å². The van der Waals surface area contributed by atoms with Crippen molar-refractivity contribution in [3.05, 3.63) is 40.7 Å². The van der Waals surface area contributed by atoms with Gasteiger partial charge in [-0.15, -0.1) is 0 Å². The SMILES string of the molecule is ON=c1ccc2c(cc1)CCCC2. The summed E-state index contributed by atoms with van der Waals surface area (Å²) in [6.45, 7) is 0. The van der Waals surface area contributed by atoms with Gasteiger partial charge in [0.1, 0.15) is 5.36 Å². The smallest absolute Gasteiger partial charge is 0.102 e. The molecule has 0 unspecified atom stereocenters. The first-order valence-electron chi connectivity index (χ1n) is 4.70. The molecule has 0 bridgehead atoms. The topological polar surface area (TPSA) is 32.6 Å². The van der Waals surface area contributed by atoms with E-state index in [4.69, 9.17) is 5.21 Å². The molecule has 13 heavy (non-hydrogen) atoms. The molecule has 0 aliphatic heterocycles. The highest BCUT2D eigenvalue weighted by atomic mass is 16.4. The predicted molar refractivity (Wildman–Crippen MR) is 50.4 cm³/mol. The number of nitrogens with zero attached hydrogens (tertiary/aromatic N) is 1. The number of fused-ring (bicyclic) bond motifs is 1. The van der Waals surface area contributed by atoms with E-state index in [0.29, 0.717) is 5.36 Å². The molecule has 2 heteroatoms. The van der Waals surface area contributed by atoms with Gasteiger partial charge in [0.2, 0.25) is 0 Å². The third-order valence-corrected chi connectivity index (χ3v) is 2.58. The van der Waals surface area contributed by atoms with Gasteiger partial charge in [-0.1, -0.05) is 17.3 Å². The molecule has 1 aliphatic rings. The maximum Gasteiger partial charge on any atom is 0.102 e. The fraction of sp³-hybridized carbons (Fsp3) is 0.364. The summed E-state index contributed by atoms with van der Waals surface area (Å²) in [5.74, 6) is 0. The van der Waals surface area contributed by atoms with Crippen molar-refractivity contribution in [1.82, 2.24) is 0 Å². The minimum Gasteiger partial charge on any atom is -0.410 e. The highest BCUT2D eigenvalue weighted by Crippen LogP contribution is 2.18. The van der Waals surface area contributed by atoms with E-state index in [1.165, 1.54) is 24.0 Å². The first-order chi connectivity index (χ1) is 6.40. The molecule has 1 aliphatic carbocycles. The molecule has 2 nitrogen and oxygen atoms in total. The van der Waals surface area contributed by atoms with Gasteiger partial charge in [0.15, 0.2) is 0 Å². The number of aryl methyl sites for hydroxylation is 2. The first kappa shape index (κ1) is 8.30. The van der Waals surface area contributed by atoms with E-state index in [2.05, 4.69) is 17.3 Å². The van der Waals surface area contributed by atoms with Crippen LogP contribution in [0.15, 0.2) is 29.4 Å². The van der Waals surface area contributed by atoms with Crippen LogP contribution in [0.3, 0.4) is 0 Å². The van der Waals surface area contributed by atoms with Crippen molar-refractivity contribution >= 4 is 0 Å². The van der Waals surface area contributed by atoms with E-state index >= 15 is 0 Å². The van der Waals surface area contributed by atoms with Gasteiger partial charge in [0.25, 0.3) is 0 Å². The molecule has 0 saturated carbocycles. The Morgan fingerprint density at radius 3 is 1.92 bits per heavy atom. The molecule has 1 aromatic rings. The molecule has 0 aromatic heterocycles. The molecule has 0 atom stereocenters. The fourth-order valence-electron chi connectivity index (χ4n) is 1.83. The van der Waals surface area contributed by atoms with Gasteiger partial charge < -0.3 is 5.21 Å². The number of rotatable bonds is 0. The lowest BCUT2D eigenvalue weighted by Gasteiger charge is -2.11. The molecular formula is C11H13NO. The van der Waals surface area contributed by atoms with Crippen molar-refractivity contribution in [3.63, 3.8) is 0 Å². The molecule has 1 N–H and O–H groups in total. The summed E-state index contributed by atoms with van der Waals surface area (Å²) >= 11 is 0. The molecule has 0 radical (unpaired) electrons. The second-order valence-electron chi connectivity index (χ2n) is 3.45.